The molecule has 8 radical (unpaired) electrons. The fourth-order valence-electron chi connectivity index (χ4n) is 0. The summed E-state index contributed by atoms with van der Waals surface area (Å²) in [6.45, 7) is 0. The molecule has 0 saturated heterocycles. The van der Waals surface area contributed by atoms with E-state index in [0.29, 0.717) is 0 Å². The predicted octanol–water partition coefficient (Wildman–Crippen LogP) is -1.90. The Balaban J connectivity index is 0. The minimum Gasteiger partial charge on any atom is 0 e. The zero-order chi connectivity index (χ0) is 0. The summed E-state index contributed by atoms with van der Waals surface area (Å²) >= 11 is 0. The van der Waals surface area contributed by atoms with E-state index in [9.17, 15) is 0 Å². The van der Waals surface area contributed by atoms with E-state index >= 15 is 0 Å². The molecule has 0 amide bonds. The molecule has 0 aromatic carbocycles. The fourth-order valence-corrected chi connectivity index (χ4v) is 0. The largest absolute Gasteiger partial charge is 0 e. The Labute approximate surface area is 97.6 Å². The zero-order valence-electron chi connectivity index (χ0n) is 4.50. The molecule has 8 valence electrons. The van der Waals surface area contributed by atoms with Gasteiger partial charge in [-0.15, -0.1) is 0 Å². The predicted molar refractivity (Wildman–Crippen MR) is 28.8 cm³/mol. The van der Waals surface area contributed by atoms with Crippen molar-refractivity contribution in [3.63, 3.8) is 0 Å². The van der Waals surface area contributed by atoms with Crippen LogP contribution in [0.5, 0.6) is 0 Å². The smallest absolute Gasteiger partial charge is 0 e. The van der Waals surface area contributed by atoms with E-state index in [-0.39, 0.29) is 99.3 Å². The summed E-state index contributed by atoms with van der Waals surface area (Å²) in [5, 5.41) is 0. The van der Waals surface area contributed by atoms with Crippen LogP contribution in [0.4, 0.5) is 0 Å². The molecule has 5 heavy (non-hydrogen) atoms. The summed E-state index contributed by atoms with van der Waals surface area (Å²) in [6, 6.07) is 0. The Morgan fingerprint density at radius 2 is 0.400 bits per heavy atom. The van der Waals surface area contributed by atoms with E-state index < -0.39 is 0 Å². The van der Waals surface area contributed by atoms with Crippen molar-refractivity contribution < 1.29 is 0 Å². The van der Waals surface area contributed by atoms with Crippen LogP contribution in [0.2, 0.25) is 0 Å². The molecule has 0 spiro atoms. The molecule has 0 unspecified atom stereocenters. The van der Waals surface area contributed by atoms with Crippen molar-refractivity contribution in [1.29, 1.82) is 0 Å². The van der Waals surface area contributed by atoms with E-state index in [1.54, 1.807) is 0 Å². The molecule has 0 aliphatic carbocycles. The van der Waals surface area contributed by atoms with Gasteiger partial charge in [0.05, 0.1) is 0 Å². The molecule has 0 aromatic rings. The molecule has 0 saturated carbocycles. The van der Waals surface area contributed by atoms with Crippen LogP contribution < -0.4 is 0 Å². The van der Waals surface area contributed by atoms with Crippen LogP contribution in [0.1, 0.15) is 0 Å². The van der Waals surface area contributed by atoms with Crippen molar-refractivity contribution in [2.45, 2.75) is 0 Å². The van der Waals surface area contributed by atoms with Crippen LogP contribution in [0.25, 0.3) is 0 Å². The second kappa shape index (κ2) is 27.1. The summed E-state index contributed by atoms with van der Waals surface area (Å²) in [6.07, 6.45) is 0. The third-order valence-electron chi connectivity index (χ3n) is 0. The Hall–Kier alpha value is 3.19. The van der Waals surface area contributed by atoms with E-state index in [4.69, 9.17) is 0 Å². The molecule has 0 aliphatic heterocycles. The van der Waals surface area contributed by atoms with Crippen molar-refractivity contribution in [1.82, 2.24) is 0 Å². The molecule has 0 atom stereocenters. The zero-order valence-corrected chi connectivity index (χ0v) is 7.35. The van der Waals surface area contributed by atoms with Gasteiger partial charge in [-0.2, -0.15) is 0 Å². The summed E-state index contributed by atoms with van der Waals surface area (Å²) in [4.78, 5) is 0. The van der Waals surface area contributed by atoms with Gasteiger partial charge in [0, 0.05) is 99.3 Å². The van der Waals surface area contributed by atoms with Gasteiger partial charge in [0.1, 0.15) is 0 Å². The van der Waals surface area contributed by atoms with Crippen LogP contribution in [0.15, 0.2) is 0 Å². The van der Waals surface area contributed by atoms with Crippen molar-refractivity contribution in [3.8, 4) is 0 Å². The SMILES string of the molecule is [Li].[Li].[Li].[Li].[Sn]. The van der Waals surface area contributed by atoms with Crippen molar-refractivity contribution in [2.75, 3.05) is 0 Å². The third-order valence-corrected chi connectivity index (χ3v) is 0. The van der Waals surface area contributed by atoms with Crippen LogP contribution in [-0.4, -0.2) is 99.3 Å². The average Bonchev–Trinajstić information content (AvgIpc) is 0. The van der Waals surface area contributed by atoms with Gasteiger partial charge in [-0.3, -0.25) is 0 Å². The molecular formula is Li4Sn. The third kappa shape index (κ3) is 19.0. The van der Waals surface area contributed by atoms with Gasteiger partial charge >= 0.3 is 0 Å². The van der Waals surface area contributed by atoms with Crippen LogP contribution in [-0.2, 0) is 0 Å². The first-order valence-corrected chi connectivity index (χ1v) is 0. The summed E-state index contributed by atoms with van der Waals surface area (Å²) in [5.41, 5.74) is 0. The van der Waals surface area contributed by atoms with Gasteiger partial charge < -0.3 is 0 Å². The first-order valence-electron chi connectivity index (χ1n) is 0. The molecule has 0 heterocycles. The van der Waals surface area contributed by atoms with Crippen LogP contribution in [0.3, 0.4) is 0 Å². The number of rotatable bonds is 0. The van der Waals surface area contributed by atoms with E-state index in [1.165, 1.54) is 0 Å². The second-order valence-corrected chi connectivity index (χ2v) is 0. The fraction of sp³-hybridized carbons (Fsp3) is 0. The second-order valence-electron chi connectivity index (χ2n) is 0. The summed E-state index contributed by atoms with van der Waals surface area (Å²) < 4.78 is 0. The average molecular weight is 146 g/mol. The maximum atomic E-state index is 0. The molecule has 0 fully saturated rings. The molecule has 0 rings (SSSR count). The van der Waals surface area contributed by atoms with Gasteiger partial charge in [-0.05, 0) is 0 Å². The number of hydrogen-bond acceptors (Lipinski definition) is 0. The van der Waals surface area contributed by atoms with Gasteiger partial charge in [0.2, 0.25) is 0 Å². The Kier molecular flexibility index (Phi) is 225. The monoisotopic (exact) mass is 148 g/mol. The van der Waals surface area contributed by atoms with Gasteiger partial charge in [-0.1, -0.05) is 0 Å². The first-order chi connectivity index (χ1) is 0. The van der Waals surface area contributed by atoms with Crippen molar-refractivity contribution in [3.05, 3.63) is 0 Å². The van der Waals surface area contributed by atoms with E-state index in [1.807, 2.05) is 0 Å². The Bertz CT molecular complexity index is 3.61. The van der Waals surface area contributed by atoms with Gasteiger partial charge in [-0.25, -0.2) is 0 Å². The quantitative estimate of drug-likeness (QED) is 0.350. The summed E-state index contributed by atoms with van der Waals surface area (Å²) in [5.74, 6) is 0. The van der Waals surface area contributed by atoms with E-state index in [0.717, 1.165) is 0 Å². The Morgan fingerprint density at radius 1 is 0.400 bits per heavy atom. The first kappa shape index (κ1) is 41.6. The van der Waals surface area contributed by atoms with Crippen LogP contribution in [0, 0.1) is 0 Å². The summed E-state index contributed by atoms with van der Waals surface area (Å²) in [7, 11) is 0. The van der Waals surface area contributed by atoms with Crippen molar-refractivity contribution in [2.24, 2.45) is 0 Å². The molecule has 0 nitrogen and oxygen atoms in total. The molecule has 0 aromatic heterocycles. The maximum absolute atomic E-state index is 0. The molecule has 0 N–H and O–H groups in total. The van der Waals surface area contributed by atoms with E-state index in [2.05, 4.69) is 0 Å². The van der Waals surface area contributed by atoms with Crippen molar-refractivity contribution >= 4 is 99.3 Å². The standard InChI is InChI=1S/4Li.Sn. The van der Waals surface area contributed by atoms with Gasteiger partial charge in [0.15, 0.2) is 0 Å². The van der Waals surface area contributed by atoms with Gasteiger partial charge in [0.25, 0.3) is 0 Å². The molecular weight excluding hydrogens is 146 g/mol. The number of hydrogen-bond donors (Lipinski definition) is 0. The maximum Gasteiger partial charge on any atom is 0 e. The molecule has 0 aliphatic rings. The minimum atomic E-state index is 0. The topological polar surface area (TPSA) is 0 Å². The molecule has 0 bridgehead atoms. The molecule has 5 heteroatoms. The normalized spacial score (nSPS) is 0. The Morgan fingerprint density at radius 3 is 0.400 bits per heavy atom. The minimum absolute atomic E-state index is 0. The van der Waals surface area contributed by atoms with Crippen LogP contribution >= 0.6 is 0 Å².